The van der Waals surface area contributed by atoms with Gasteiger partial charge in [0.15, 0.2) is 0 Å². The van der Waals surface area contributed by atoms with Crippen molar-refractivity contribution in [1.82, 2.24) is 10.2 Å². The van der Waals surface area contributed by atoms with Crippen LogP contribution in [0.3, 0.4) is 0 Å². The standard InChI is InChI=1S/C9H9N3O2/c1-14-7-3-2-5(9(10)13)6-4-11-12-8(6)7/h2-4H,1H3,(H2,10,13)(H,11,12). The summed E-state index contributed by atoms with van der Waals surface area (Å²) in [6, 6.07) is 3.31. The third-order valence-corrected chi connectivity index (χ3v) is 2.06. The van der Waals surface area contributed by atoms with Crippen molar-refractivity contribution in [1.29, 1.82) is 0 Å². The number of aromatic nitrogens is 2. The maximum Gasteiger partial charge on any atom is 0.249 e. The first-order valence-electron chi connectivity index (χ1n) is 4.04. The van der Waals surface area contributed by atoms with Crippen LogP contribution in [0.1, 0.15) is 10.4 Å². The number of benzene rings is 1. The molecule has 5 heteroatoms. The lowest BCUT2D eigenvalue weighted by atomic mass is 10.1. The summed E-state index contributed by atoms with van der Waals surface area (Å²) in [4.78, 5) is 11.1. The molecule has 1 aromatic carbocycles. The Kier molecular flexibility index (Phi) is 1.85. The number of carbonyl (C=O) groups excluding carboxylic acids is 1. The molecule has 0 saturated heterocycles. The number of nitrogens with zero attached hydrogens (tertiary/aromatic N) is 1. The molecule has 3 N–H and O–H groups in total. The van der Waals surface area contributed by atoms with E-state index in [1.807, 2.05) is 0 Å². The molecular formula is C9H9N3O2. The van der Waals surface area contributed by atoms with Gasteiger partial charge in [0, 0.05) is 5.39 Å². The van der Waals surface area contributed by atoms with Crippen molar-refractivity contribution in [3.05, 3.63) is 23.9 Å². The van der Waals surface area contributed by atoms with Gasteiger partial charge in [-0.3, -0.25) is 9.89 Å². The van der Waals surface area contributed by atoms with Gasteiger partial charge in [0.2, 0.25) is 5.91 Å². The normalized spacial score (nSPS) is 10.4. The van der Waals surface area contributed by atoms with E-state index in [0.29, 0.717) is 22.2 Å². The molecule has 1 heterocycles. The van der Waals surface area contributed by atoms with E-state index >= 15 is 0 Å². The maximum absolute atomic E-state index is 11.1. The van der Waals surface area contributed by atoms with Gasteiger partial charge in [-0.2, -0.15) is 5.10 Å². The third kappa shape index (κ3) is 1.10. The van der Waals surface area contributed by atoms with E-state index in [-0.39, 0.29) is 0 Å². The fourth-order valence-corrected chi connectivity index (χ4v) is 1.40. The first kappa shape index (κ1) is 8.55. The summed E-state index contributed by atoms with van der Waals surface area (Å²) in [6.07, 6.45) is 1.55. The number of H-pyrrole nitrogens is 1. The number of nitrogens with one attached hydrogen (secondary N) is 1. The van der Waals surface area contributed by atoms with Crippen LogP contribution in [0.25, 0.3) is 10.9 Å². The highest BCUT2D eigenvalue weighted by Crippen LogP contribution is 2.25. The van der Waals surface area contributed by atoms with E-state index in [1.165, 1.54) is 0 Å². The molecule has 5 nitrogen and oxygen atoms in total. The molecule has 1 aromatic heterocycles. The Hall–Kier alpha value is -2.04. The largest absolute Gasteiger partial charge is 0.494 e. The number of carbonyl (C=O) groups is 1. The SMILES string of the molecule is COc1ccc(C(N)=O)c2cn[nH]c12. The van der Waals surface area contributed by atoms with E-state index in [0.717, 1.165) is 0 Å². The van der Waals surface area contributed by atoms with E-state index in [4.69, 9.17) is 10.5 Å². The fraction of sp³-hybridized carbons (Fsp3) is 0.111. The van der Waals surface area contributed by atoms with E-state index in [9.17, 15) is 4.79 Å². The lowest BCUT2D eigenvalue weighted by Crippen LogP contribution is -2.11. The highest BCUT2D eigenvalue weighted by molar-refractivity contribution is 6.06. The van der Waals surface area contributed by atoms with Gasteiger partial charge in [0.25, 0.3) is 0 Å². The zero-order valence-electron chi connectivity index (χ0n) is 7.57. The Bertz CT molecular complexity index is 490. The van der Waals surface area contributed by atoms with Gasteiger partial charge in [0.1, 0.15) is 11.3 Å². The topological polar surface area (TPSA) is 81.0 Å². The molecule has 0 aliphatic rings. The van der Waals surface area contributed by atoms with Crippen molar-refractivity contribution >= 4 is 16.8 Å². The molecule has 0 bridgehead atoms. The summed E-state index contributed by atoms with van der Waals surface area (Å²) in [6.45, 7) is 0. The van der Waals surface area contributed by atoms with E-state index in [2.05, 4.69) is 10.2 Å². The number of hydrogen-bond donors (Lipinski definition) is 2. The average molecular weight is 191 g/mol. The molecule has 2 rings (SSSR count). The number of primary amides is 1. The lowest BCUT2D eigenvalue weighted by molar-refractivity contribution is 0.100. The molecule has 14 heavy (non-hydrogen) atoms. The molecule has 0 fully saturated rings. The van der Waals surface area contributed by atoms with E-state index < -0.39 is 5.91 Å². The van der Waals surface area contributed by atoms with Crippen LogP contribution < -0.4 is 10.5 Å². The monoisotopic (exact) mass is 191 g/mol. The van der Waals surface area contributed by atoms with Crippen LogP contribution >= 0.6 is 0 Å². The van der Waals surface area contributed by atoms with Gasteiger partial charge in [-0.15, -0.1) is 0 Å². The molecule has 2 aromatic rings. The summed E-state index contributed by atoms with van der Waals surface area (Å²) in [5.41, 5.74) is 6.33. The van der Waals surface area contributed by atoms with Gasteiger partial charge < -0.3 is 10.5 Å². The number of rotatable bonds is 2. The quantitative estimate of drug-likeness (QED) is 0.732. The molecule has 0 radical (unpaired) electrons. The van der Waals surface area contributed by atoms with Crippen LogP contribution in [0.4, 0.5) is 0 Å². The summed E-state index contributed by atoms with van der Waals surface area (Å²) in [5.74, 6) is 0.168. The molecule has 0 atom stereocenters. The first-order chi connectivity index (χ1) is 6.74. The maximum atomic E-state index is 11.1. The van der Waals surface area contributed by atoms with Crippen LogP contribution in [0, 0.1) is 0 Å². The minimum absolute atomic E-state index is 0.439. The van der Waals surface area contributed by atoms with Gasteiger partial charge >= 0.3 is 0 Å². The number of nitrogens with two attached hydrogens (primary N) is 1. The molecule has 0 aliphatic carbocycles. The Balaban J connectivity index is 2.78. The summed E-state index contributed by atoms with van der Waals surface area (Å²) >= 11 is 0. The van der Waals surface area contributed by atoms with Crippen molar-refractivity contribution < 1.29 is 9.53 Å². The molecule has 0 aliphatic heterocycles. The second kappa shape index (κ2) is 3.02. The minimum Gasteiger partial charge on any atom is -0.494 e. The minimum atomic E-state index is -0.473. The second-order valence-electron chi connectivity index (χ2n) is 2.84. The number of fused-ring (bicyclic) bond motifs is 1. The van der Waals surface area contributed by atoms with E-state index in [1.54, 1.807) is 25.4 Å². The van der Waals surface area contributed by atoms with Gasteiger partial charge in [-0.05, 0) is 12.1 Å². The number of hydrogen-bond acceptors (Lipinski definition) is 3. The van der Waals surface area contributed by atoms with Gasteiger partial charge in [0.05, 0.1) is 18.9 Å². The second-order valence-corrected chi connectivity index (χ2v) is 2.84. The van der Waals surface area contributed by atoms with Crippen molar-refractivity contribution in [3.63, 3.8) is 0 Å². The molecule has 0 unspecified atom stereocenters. The number of aromatic amines is 1. The first-order valence-corrected chi connectivity index (χ1v) is 4.04. The van der Waals surface area contributed by atoms with Crippen molar-refractivity contribution in [2.45, 2.75) is 0 Å². The fourth-order valence-electron chi connectivity index (χ4n) is 1.40. The van der Waals surface area contributed by atoms with Crippen molar-refractivity contribution in [3.8, 4) is 5.75 Å². The van der Waals surface area contributed by atoms with Crippen molar-refractivity contribution in [2.75, 3.05) is 7.11 Å². The van der Waals surface area contributed by atoms with Gasteiger partial charge in [-0.1, -0.05) is 0 Å². The Morgan fingerprint density at radius 1 is 1.57 bits per heavy atom. The molecular weight excluding hydrogens is 182 g/mol. The van der Waals surface area contributed by atoms with Crippen LogP contribution in [-0.4, -0.2) is 23.2 Å². The highest BCUT2D eigenvalue weighted by Gasteiger charge is 2.11. The predicted octanol–water partition coefficient (Wildman–Crippen LogP) is 0.670. The van der Waals surface area contributed by atoms with Gasteiger partial charge in [-0.25, -0.2) is 0 Å². The summed E-state index contributed by atoms with van der Waals surface area (Å²) in [7, 11) is 1.56. The highest BCUT2D eigenvalue weighted by atomic mass is 16.5. The van der Waals surface area contributed by atoms with Crippen LogP contribution in [0.15, 0.2) is 18.3 Å². The number of amides is 1. The predicted molar refractivity (Wildman–Crippen MR) is 51.2 cm³/mol. The number of ether oxygens (including phenoxy) is 1. The average Bonchev–Trinajstić information content (AvgIpc) is 2.64. The molecule has 72 valence electrons. The zero-order valence-corrected chi connectivity index (χ0v) is 7.57. The number of methoxy groups -OCH3 is 1. The third-order valence-electron chi connectivity index (χ3n) is 2.06. The summed E-state index contributed by atoms with van der Waals surface area (Å²) < 4.78 is 5.10. The Morgan fingerprint density at radius 3 is 3.00 bits per heavy atom. The van der Waals surface area contributed by atoms with Crippen LogP contribution in [0.2, 0.25) is 0 Å². The zero-order chi connectivity index (χ0) is 10.1. The molecule has 0 saturated carbocycles. The molecule has 0 spiro atoms. The Morgan fingerprint density at radius 2 is 2.36 bits per heavy atom. The van der Waals surface area contributed by atoms with Crippen molar-refractivity contribution in [2.24, 2.45) is 5.73 Å². The van der Waals surface area contributed by atoms with Crippen LogP contribution in [0.5, 0.6) is 5.75 Å². The van der Waals surface area contributed by atoms with Crippen LogP contribution in [-0.2, 0) is 0 Å². The summed E-state index contributed by atoms with van der Waals surface area (Å²) in [5, 5.41) is 7.27. The smallest absolute Gasteiger partial charge is 0.249 e. The lowest BCUT2D eigenvalue weighted by Gasteiger charge is -2.02. The molecule has 1 amide bonds. The Labute approximate surface area is 79.9 Å².